The summed E-state index contributed by atoms with van der Waals surface area (Å²) < 4.78 is 0. The molecule has 1 rings (SSSR count). The van der Waals surface area contributed by atoms with Gasteiger partial charge >= 0.3 is 0 Å². The first-order chi connectivity index (χ1) is 12.2. The summed E-state index contributed by atoms with van der Waals surface area (Å²) in [5.74, 6) is 0. The van der Waals surface area contributed by atoms with Crippen LogP contribution < -0.4 is 11.1 Å². The van der Waals surface area contributed by atoms with E-state index < -0.39 is 0 Å². The minimum atomic E-state index is -0.0370. The van der Waals surface area contributed by atoms with Crippen LogP contribution in [-0.4, -0.2) is 58.9 Å². The molecule has 0 saturated heterocycles. The average Bonchev–Trinajstić information content (AvgIpc) is 2.64. The van der Waals surface area contributed by atoms with Crippen LogP contribution in [-0.2, 0) is 6.54 Å². The van der Waals surface area contributed by atoms with E-state index in [-0.39, 0.29) is 62.5 Å². The van der Waals surface area contributed by atoms with E-state index in [1.165, 1.54) is 5.56 Å². The minimum absolute atomic E-state index is 0. The summed E-state index contributed by atoms with van der Waals surface area (Å²) in [4.78, 5) is 0. The third-order valence-electron chi connectivity index (χ3n) is 3.39. The molecule has 9 heteroatoms. The van der Waals surface area contributed by atoms with Gasteiger partial charge in [-0.1, -0.05) is 30.3 Å². The molecule has 0 spiro atoms. The Morgan fingerprint density at radius 3 is 1.62 bits per heavy atom. The summed E-state index contributed by atoms with van der Waals surface area (Å²) in [5, 5.41) is 37.6. The molecule has 0 unspecified atom stereocenters. The van der Waals surface area contributed by atoms with Gasteiger partial charge in [-0.25, -0.2) is 0 Å². The van der Waals surface area contributed by atoms with Crippen molar-refractivity contribution in [2.45, 2.75) is 44.3 Å². The molecule has 0 atom stereocenters. The maximum Gasteiger partial charge on any atom is 0.0445 e. The summed E-state index contributed by atoms with van der Waals surface area (Å²) in [6, 6.07) is 10.3. The number of nitrogens with one attached hydrogen (secondary N) is 1. The predicted octanol–water partition coefficient (Wildman–Crippen LogP) is 2.38. The van der Waals surface area contributed by atoms with Gasteiger partial charge in [0.05, 0.1) is 0 Å². The Morgan fingerprint density at radius 1 is 0.808 bits per heavy atom. The van der Waals surface area contributed by atoms with Crippen LogP contribution in [0.5, 0.6) is 0 Å². The highest BCUT2D eigenvalue weighted by atomic mass is 128. The number of rotatable bonds is 11. The largest absolute Gasteiger partial charge is 0.396 e. The van der Waals surface area contributed by atoms with E-state index in [1.807, 2.05) is 18.2 Å². The topological polar surface area (TPSA) is 119 Å². The van der Waals surface area contributed by atoms with Gasteiger partial charge in [0.1, 0.15) is 0 Å². The zero-order chi connectivity index (χ0) is 19.3. The second-order valence-electron chi connectivity index (χ2n) is 5.37. The molecule has 1 aromatic carbocycles. The summed E-state index contributed by atoms with van der Waals surface area (Å²) in [5.41, 5.74) is 6.60. The number of aliphatic hydroxyl groups is 4. The Bertz CT molecular complexity index is 353. The third-order valence-corrected chi connectivity index (χ3v) is 3.39. The molecule has 0 amide bonds. The van der Waals surface area contributed by atoms with E-state index in [9.17, 15) is 0 Å². The standard InChI is InChI=1S/C12H19NO2.C5H13NO2.I2.HI/c14-8-6-12(7-9-15)13-10-11-4-2-1-3-5-11;6-5(1-3-7)2-4-8;1-2;/h1-5,12-15H,6-10H2;5,7-8H,1-4,6H2;;1H. The van der Waals surface area contributed by atoms with Crippen molar-refractivity contribution in [3.63, 3.8) is 0 Å². The maximum absolute atomic E-state index is 8.84. The van der Waals surface area contributed by atoms with Gasteiger partial charge in [0.15, 0.2) is 0 Å². The van der Waals surface area contributed by atoms with Crippen molar-refractivity contribution in [2.24, 2.45) is 5.73 Å². The fourth-order valence-corrected chi connectivity index (χ4v) is 1.99. The molecule has 0 fully saturated rings. The van der Waals surface area contributed by atoms with Gasteiger partial charge in [-0.3, -0.25) is 0 Å². The Labute approximate surface area is 197 Å². The molecular formula is C17H33I3N2O4. The zero-order valence-corrected chi connectivity index (χ0v) is 21.6. The van der Waals surface area contributed by atoms with Crippen LogP contribution in [0.3, 0.4) is 0 Å². The van der Waals surface area contributed by atoms with Gasteiger partial charge < -0.3 is 31.5 Å². The van der Waals surface area contributed by atoms with Gasteiger partial charge in [0.25, 0.3) is 0 Å². The normalized spacial score (nSPS) is 9.73. The lowest BCUT2D eigenvalue weighted by atomic mass is 10.1. The minimum Gasteiger partial charge on any atom is -0.396 e. The Morgan fingerprint density at radius 2 is 1.23 bits per heavy atom. The number of hydrogen-bond donors (Lipinski definition) is 6. The Hall–Kier alpha value is 1.17. The molecule has 0 radical (unpaired) electrons. The molecule has 0 aliphatic carbocycles. The van der Waals surface area contributed by atoms with Crippen molar-refractivity contribution >= 4 is 61.2 Å². The first kappa shape index (κ1) is 31.9. The molecule has 26 heavy (non-hydrogen) atoms. The molecule has 0 aromatic heterocycles. The lowest BCUT2D eigenvalue weighted by Crippen LogP contribution is -2.30. The fraction of sp³-hybridized carbons (Fsp3) is 0.647. The van der Waals surface area contributed by atoms with Gasteiger partial charge in [-0.15, -0.1) is 24.0 Å². The van der Waals surface area contributed by atoms with Crippen molar-refractivity contribution in [3.8, 4) is 0 Å². The average molecular weight is 710 g/mol. The quantitative estimate of drug-likeness (QED) is 0.197. The molecule has 7 N–H and O–H groups in total. The van der Waals surface area contributed by atoms with Gasteiger partial charge in [-0.05, 0) is 31.2 Å². The molecule has 6 nitrogen and oxygen atoms in total. The van der Waals surface area contributed by atoms with Crippen molar-refractivity contribution in [2.75, 3.05) is 26.4 Å². The number of halogens is 3. The Kier molecular flexibility index (Phi) is 32.1. The monoisotopic (exact) mass is 710 g/mol. The highest BCUT2D eigenvalue weighted by molar-refractivity contribution is 15.0. The van der Waals surface area contributed by atoms with Crippen LogP contribution in [0.1, 0.15) is 31.2 Å². The van der Waals surface area contributed by atoms with E-state index in [0.29, 0.717) is 25.7 Å². The molecule has 0 bridgehead atoms. The molecule has 0 saturated carbocycles. The number of nitrogens with two attached hydrogens (primary N) is 1. The lowest BCUT2D eigenvalue weighted by Gasteiger charge is -2.16. The summed E-state index contributed by atoms with van der Waals surface area (Å²) >= 11 is 4.24. The molecular weight excluding hydrogens is 677 g/mol. The lowest BCUT2D eigenvalue weighted by molar-refractivity contribution is 0.227. The maximum atomic E-state index is 8.84. The highest BCUT2D eigenvalue weighted by Gasteiger charge is 2.06. The van der Waals surface area contributed by atoms with E-state index in [2.05, 4.69) is 54.7 Å². The van der Waals surface area contributed by atoms with Crippen LogP contribution in [0.15, 0.2) is 30.3 Å². The van der Waals surface area contributed by atoms with Gasteiger partial charge in [0.2, 0.25) is 0 Å². The van der Waals surface area contributed by atoms with Crippen LogP contribution in [0, 0.1) is 0 Å². The van der Waals surface area contributed by atoms with Crippen LogP contribution >= 0.6 is 61.2 Å². The van der Waals surface area contributed by atoms with Crippen molar-refractivity contribution in [1.82, 2.24) is 5.32 Å². The van der Waals surface area contributed by atoms with Crippen LogP contribution in [0.4, 0.5) is 0 Å². The zero-order valence-electron chi connectivity index (χ0n) is 14.9. The molecule has 0 aliphatic rings. The van der Waals surface area contributed by atoms with Crippen molar-refractivity contribution in [3.05, 3.63) is 35.9 Å². The van der Waals surface area contributed by atoms with Crippen LogP contribution in [0.2, 0.25) is 0 Å². The van der Waals surface area contributed by atoms with Crippen molar-refractivity contribution < 1.29 is 20.4 Å². The van der Waals surface area contributed by atoms with Gasteiger partial charge in [0, 0.05) is 82.3 Å². The summed E-state index contributed by atoms with van der Waals surface area (Å²) in [7, 11) is 0. The summed E-state index contributed by atoms with van der Waals surface area (Å²) in [6.07, 6.45) is 2.54. The number of benzene rings is 1. The van der Waals surface area contributed by atoms with E-state index >= 15 is 0 Å². The second-order valence-corrected chi connectivity index (χ2v) is 5.37. The highest BCUT2D eigenvalue weighted by Crippen LogP contribution is 2.02. The van der Waals surface area contributed by atoms with E-state index in [0.717, 1.165) is 6.54 Å². The number of hydrogen-bond acceptors (Lipinski definition) is 6. The fourth-order valence-electron chi connectivity index (χ4n) is 1.99. The second kappa shape index (κ2) is 26.2. The Balaban J connectivity index is -0.000000413. The smallest absolute Gasteiger partial charge is 0.0445 e. The van der Waals surface area contributed by atoms with Gasteiger partial charge in [-0.2, -0.15) is 0 Å². The van der Waals surface area contributed by atoms with Crippen molar-refractivity contribution in [1.29, 1.82) is 0 Å². The molecule has 0 heterocycles. The summed E-state index contributed by atoms with van der Waals surface area (Å²) in [6.45, 7) is 1.33. The molecule has 0 aliphatic heterocycles. The molecule has 1 aromatic rings. The van der Waals surface area contributed by atoms with E-state index in [4.69, 9.17) is 26.2 Å². The first-order valence-corrected chi connectivity index (χ1v) is 14.6. The predicted molar refractivity (Wildman–Crippen MR) is 135 cm³/mol. The van der Waals surface area contributed by atoms with E-state index in [1.54, 1.807) is 0 Å². The first-order valence-electron chi connectivity index (χ1n) is 8.28. The van der Waals surface area contributed by atoms with Crippen LogP contribution in [0.25, 0.3) is 0 Å². The SMILES string of the molecule is I.II.NC(CCO)CCO.OCCC(CCO)NCc1ccccc1. The molecule has 156 valence electrons. The third kappa shape index (κ3) is 21.5. The number of aliphatic hydroxyl groups excluding tert-OH is 4.